The minimum absolute atomic E-state index is 0.116. The van der Waals surface area contributed by atoms with Crippen LogP contribution in [0.1, 0.15) is 16.1 Å². The second-order valence-corrected chi connectivity index (χ2v) is 5.53. The van der Waals surface area contributed by atoms with Crippen molar-refractivity contribution < 1.29 is 4.79 Å². The zero-order valence-corrected chi connectivity index (χ0v) is 13.0. The first kappa shape index (κ1) is 14.3. The fourth-order valence-electron chi connectivity index (χ4n) is 1.59. The molecule has 0 atom stereocenters. The highest BCUT2D eigenvalue weighted by atomic mass is 127. The van der Waals surface area contributed by atoms with E-state index in [1.165, 1.54) is 0 Å². The van der Waals surface area contributed by atoms with Crippen LogP contribution in [0.3, 0.4) is 0 Å². The van der Waals surface area contributed by atoms with Crippen molar-refractivity contribution in [3.8, 4) is 0 Å². The van der Waals surface area contributed by atoms with Gasteiger partial charge in [-0.25, -0.2) is 0 Å². The van der Waals surface area contributed by atoms with Crippen LogP contribution in [-0.2, 0) is 6.42 Å². The summed E-state index contributed by atoms with van der Waals surface area (Å²) < 4.78 is 0.935. The summed E-state index contributed by atoms with van der Waals surface area (Å²) >= 11 is 8.12. The Bertz CT molecular complexity index is 575. The molecule has 98 valence electrons. The quantitative estimate of drug-likeness (QED) is 0.819. The van der Waals surface area contributed by atoms with Crippen LogP contribution in [-0.4, -0.2) is 17.4 Å². The molecule has 0 aliphatic rings. The van der Waals surface area contributed by atoms with Gasteiger partial charge in [-0.15, -0.1) is 0 Å². The van der Waals surface area contributed by atoms with E-state index in [2.05, 4.69) is 32.9 Å². The van der Waals surface area contributed by atoms with Crippen molar-refractivity contribution in [2.45, 2.75) is 6.42 Å². The maximum absolute atomic E-state index is 11.9. The Kier molecular flexibility index (Phi) is 5.15. The Labute approximate surface area is 130 Å². The van der Waals surface area contributed by atoms with Gasteiger partial charge in [-0.1, -0.05) is 17.7 Å². The van der Waals surface area contributed by atoms with Gasteiger partial charge in [0, 0.05) is 34.0 Å². The topological polar surface area (TPSA) is 42.0 Å². The Morgan fingerprint density at radius 2 is 2.16 bits per heavy atom. The molecule has 0 saturated heterocycles. The molecule has 2 rings (SSSR count). The van der Waals surface area contributed by atoms with E-state index >= 15 is 0 Å². The van der Waals surface area contributed by atoms with Gasteiger partial charge in [-0.3, -0.25) is 9.78 Å². The molecule has 19 heavy (non-hydrogen) atoms. The van der Waals surface area contributed by atoms with Gasteiger partial charge >= 0.3 is 0 Å². The summed E-state index contributed by atoms with van der Waals surface area (Å²) in [6.45, 7) is 0.555. The van der Waals surface area contributed by atoms with Crippen molar-refractivity contribution in [3.05, 3.63) is 62.4 Å². The number of hydrogen-bond acceptors (Lipinski definition) is 2. The van der Waals surface area contributed by atoms with Crippen LogP contribution in [0.2, 0.25) is 5.02 Å². The number of rotatable bonds is 4. The normalized spacial score (nSPS) is 10.2. The van der Waals surface area contributed by atoms with Crippen LogP contribution in [0.15, 0.2) is 42.6 Å². The number of aromatic nitrogens is 1. The Balaban J connectivity index is 1.89. The van der Waals surface area contributed by atoms with Gasteiger partial charge in [0.1, 0.15) is 0 Å². The molecule has 0 radical (unpaired) electrons. The van der Waals surface area contributed by atoms with Crippen molar-refractivity contribution in [2.24, 2.45) is 0 Å². The largest absolute Gasteiger partial charge is 0.352 e. The number of carbonyl (C=O) groups is 1. The number of nitrogens with zero attached hydrogens (tertiary/aromatic N) is 1. The molecule has 0 saturated carbocycles. The fourth-order valence-corrected chi connectivity index (χ4v) is 2.11. The number of halogens is 2. The summed E-state index contributed by atoms with van der Waals surface area (Å²) in [7, 11) is 0. The molecule has 0 spiro atoms. The first-order chi connectivity index (χ1) is 9.16. The maximum atomic E-state index is 11.9. The van der Waals surface area contributed by atoms with Crippen molar-refractivity contribution in [1.29, 1.82) is 0 Å². The number of amides is 1. The molecule has 1 aromatic carbocycles. The molecule has 1 aromatic heterocycles. The van der Waals surface area contributed by atoms with Gasteiger partial charge in [0.25, 0.3) is 5.91 Å². The number of hydrogen-bond donors (Lipinski definition) is 1. The van der Waals surface area contributed by atoms with Crippen molar-refractivity contribution >= 4 is 40.1 Å². The molecule has 0 aliphatic carbocycles. The van der Waals surface area contributed by atoms with Crippen LogP contribution >= 0.6 is 34.2 Å². The van der Waals surface area contributed by atoms with E-state index in [-0.39, 0.29) is 5.91 Å². The molecule has 0 aliphatic heterocycles. The predicted molar refractivity (Wildman–Crippen MR) is 84.4 cm³/mol. The number of carbonyl (C=O) groups excluding carboxylic acids is 1. The lowest BCUT2D eigenvalue weighted by atomic mass is 10.2. The van der Waals surface area contributed by atoms with Crippen LogP contribution in [0.25, 0.3) is 0 Å². The van der Waals surface area contributed by atoms with Gasteiger partial charge in [-0.2, -0.15) is 0 Å². The van der Waals surface area contributed by atoms with E-state index in [0.717, 1.165) is 9.26 Å². The molecule has 0 bridgehead atoms. The van der Waals surface area contributed by atoms with Crippen molar-refractivity contribution in [1.82, 2.24) is 10.3 Å². The van der Waals surface area contributed by atoms with E-state index in [0.29, 0.717) is 23.6 Å². The summed E-state index contributed by atoms with van der Waals surface area (Å²) in [5.41, 5.74) is 1.54. The third-order valence-corrected chi connectivity index (χ3v) is 4.15. The smallest absolute Gasteiger partial charge is 0.251 e. The van der Waals surface area contributed by atoms with Crippen molar-refractivity contribution in [3.63, 3.8) is 0 Å². The van der Waals surface area contributed by atoms with E-state index in [1.807, 2.05) is 24.3 Å². The summed E-state index contributed by atoms with van der Waals surface area (Å²) in [4.78, 5) is 16.1. The van der Waals surface area contributed by atoms with Gasteiger partial charge in [0.2, 0.25) is 0 Å². The van der Waals surface area contributed by atoms with E-state index < -0.39 is 0 Å². The monoisotopic (exact) mass is 386 g/mol. The van der Waals surface area contributed by atoms with E-state index in [1.54, 1.807) is 18.3 Å². The van der Waals surface area contributed by atoms with Crippen LogP contribution in [0, 0.1) is 3.57 Å². The highest BCUT2D eigenvalue weighted by Crippen LogP contribution is 2.19. The fraction of sp³-hybridized carbons (Fsp3) is 0.143. The first-order valence-electron chi connectivity index (χ1n) is 5.80. The molecule has 5 heteroatoms. The number of nitrogens with one attached hydrogen (secondary N) is 1. The Morgan fingerprint density at radius 1 is 1.32 bits per heavy atom. The third-order valence-electron chi connectivity index (χ3n) is 2.57. The minimum atomic E-state index is -0.116. The van der Waals surface area contributed by atoms with Gasteiger partial charge in [0.15, 0.2) is 0 Å². The van der Waals surface area contributed by atoms with Crippen LogP contribution in [0.5, 0.6) is 0 Å². The van der Waals surface area contributed by atoms with Crippen LogP contribution in [0.4, 0.5) is 0 Å². The molecule has 3 nitrogen and oxygen atoms in total. The summed E-state index contributed by atoms with van der Waals surface area (Å²) in [6, 6.07) is 11.0. The predicted octanol–water partition coefficient (Wildman–Crippen LogP) is 3.31. The van der Waals surface area contributed by atoms with E-state index in [4.69, 9.17) is 11.6 Å². The molecule has 0 unspecified atom stereocenters. The first-order valence-corrected chi connectivity index (χ1v) is 7.25. The summed E-state index contributed by atoms with van der Waals surface area (Å²) in [5.74, 6) is -0.116. The third kappa shape index (κ3) is 4.18. The second-order valence-electron chi connectivity index (χ2n) is 3.96. The zero-order valence-electron chi connectivity index (χ0n) is 10.1. The lowest BCUT2D eigenvalue weighted by molar-refractivity contribution is 0.0954. The van der Waals surface area contributed by atoms with Crippen molar-refractivity contribution in [2.75, 3.05) is 6.54 Å². The highest BCUT2D eigenvalue weighted by Gasteiger charge is 2.07. The molecule has 1 heterocycles. The lowest BCUT2D eigenvalue weighted by Crippen LogP contribution is -2.25. The molecule has 1 N–H and O–H groups in total. The average molecular weight is 387 g/mol. The summed E-state index contributed by atoms with van der Waals surface area (Å²) in [5, 5.41) is 3.45. The Morgan fingerprint density at radius 3 is 2.84 bits per heavy atom. The van der Waals surface area contributed by atoms with Gasteiger partial charge in [0.05, 0.1) is 5.02 Å². The molecular weight excluding hydrogens is 375 g/mol. The van der Waals surface area contributed by atoms with E-state index in [9.17, 15) is 4.79 Å². The second kappa shape index (κ2) is 6.86. The standard InChI is InChI=1S/C14H12ClIN2O/c15-12-9-10(4-5-13(12)16)14(19)18-8-6-11-3-1-2-7-17-11/h1-5,7,9H,6,8H2,(H,18,19). The number of benzene rings is 1. The van der Waals surface area contributed by atoms with Gasteiger partial charge in [-0.05, 0) is 52.9 Å². The molecule has 0 fully saturated rings. The minimum Gasteiger partial charge on any atom is -0.352 e. The maximum Gasteiger partial charge on any atom is 0.251 e. The lowest BCUT2D eigenvalue weighted by Gasteiger charge is -2.06. The average Bonchev–Trinajstić information content (AvgIpc) is 2.43. The highest BCUT2D eigenvalue weighted by molar-refractivity contribution is 14.1. The van der Waals surface area contributed by atoms with Crippen LogP contribution < -0.4 is 5.32 Å². The SMILES string of the molecule is O=C(NCCc1ccccn1)c1ccc(I)c(Cl)c1. The molecular formula is C14H12ClIN2O. The molecule has 2 aromatic rings. The molecule has 1 amide bonds. The zero-order chi connectivity index (χ0) is 13.7. The Hall–Kier alpha value is -1.14. The van der Waals surface area contributed by atoms with Gasteiger partial charge < -0.3 is 5.32 Å². The summed E-state index contributed by atoms with van der Waals surface area (Å²) in [6.07, 6.45) is 2.46. The number of pyridine rings is 1.